The summed E-state index contributed by atoms with van der Waals surface area (Å²) in [6.45, 7) is 15.8. The van der Waals surface area contributed by atoms with E-state index >= 15 is 0 Å². The first-order chi connectivity index (χ1) is 40.3. The molecule has 2 fully saturated rings. The molecule has 2 saturated carbocycles. The lowest BCUT2D eigenvalue weighted by Crippen LogP contribution is -2.42. The average molecular weight is 1210 g/mol. The number of nitrogens with zero attached hydrogens (tertiary/aromatic N) is 7. The highest BCUT2D eigenvalue weighted by Gasteiger charge is 2.27. The Kier molecular flexibility index (Phi) is 22.8. The summed E-state index contributed by atoms with van der Waals surface area (Å²) >= 11 is 7.99. The first-order valence-electron chi connectivity index (χ1n) is 27.0. The number of rotatable bonds is 16. The van der Waals surface area contributed by atoms with E-state index in [1.165, 1.54) is 12.2 Å². The van der Waals surface area contributed by atoms with E-state index in [-0.39, 0.29) is 49.3 Å². The molecule has 9 N–H and O–H groups in total. The molecule has 84 heavy (non-hydrogen) atoms. The van der Waals surface area contributed by atoms with Crippen LogP contribution in [-0.2, 0) is 9.59 Å². The average Bonchev–Trinajstić information content (AvgIpc) is 4.24. The largest absolute Gasteiger partial charge is 0.399 e. The lowest BCUT2D eigenvalue weighted by molar-refractivity contribution is -0.112. The molecule has 4 aromatic heterocycles. The summed E-state index contributed by atoms with van der Waals surface area (Å²) in [4.78, 5) is 81.5. The summed E-state index contributed by atoms with van der Waals surface area (Å²) in [6.07, 6.45) is 20.3. The predicted molar refractivity (Wildman–Crippen MR) is 340 cm³/mol. The van der Waals surface area contributed by atoms with Crippen LogP contribution in [0.25, 0.3) is 54.0 Å². The molecule has 4 atom stereocenters. The third-order valence-electron chi connectivity index (χ3n) is 13.8. The second-order valence-corrected chi connectivity index (χ2v) is 21.2. The van der Waals surface area contributed by atoms with E-state index in [4.69, 9.17) is 40.4 Å². The van der Waals surface area contributed by atoms with Crippen LogP contribution in [0.15, 0.2) is 146 Å². The van der Waals surface area contributed by atoms with Crippen molar-refractivity contribution in [2.45, 2.75) is 83.0 Å². The lowest BCUT2D eigenvalue weighted by Gasteiger charge is -2.30. The summed E-state index contributed by atoms with van der Waals surface area (Å²) in [5.41, 5.74) is 13.8. The fourth-order valence-corrected chi connectivity index (χ4v) is 10.1. The number of anilines is 4. The smallest absolute Gasteiger partial charge is 0.251 e. The molecule has 2 aliphatic carbocycles. The van der Waals surface area contributed by atoms with Crippen LogP contribution in [0.1, 0.15) is 79.5 Å². The van der Waals surface area contributed by atoms with Crippen molar-refractivity contribution in [1.29, 1.82) is 0 Å². The number of carbonyl (C=O) groups excluding carboxylic acids is 4. The quantitative estimate of drug-likeness (QED) is 0.0148. The minimum Gasteiger partial charge on any atom is -0.399 e. The number of alkyl halides is 1. The number of amides is 3. The number of hydrogen-bond donors (Lipinski definition) is 8. The molecule has 10 rings (SSSR count). The van der Waals surface area contributed by atoms with Gasteiger partial charge in [-0.15, -0.1) is 0 Å². The summed E-state index contributed by atoms with van der Waals surface area (Å²) < 4.78 is 0. The minimum absolute atomic E-state index is 0. The number of nitrogens with two attached hydrogens (primary N) is 1. The van der Waals surface area contributed by atoms with Crippen LogP contribution in [0.3, 0.4) is 0 Å². The van der Waals surface area contributed by atoms with Gasteiger partial charge in [-0.1, -0.05) is 71.9 Å². The van der Waals surface area contributed by atoms with Crippen molar-refractivity contribution in [3.8, 4) is 22.5 Å². The second-order valence-electron chi connectivity index (χ2n) is 20.1. The molecule has 2 aliphatic rings. The maximum absolute atomic E-state index is 13.0. The van der Waals surface area contributed by atoms with E-state index in [0.717, 1.165) is 84.3 Å². The van der Waals surface area contributed by atoms with Gasteiger partial charge in [-0.05, 0) is 144 Å². The summed E-state index contributed by atoms with van der Waals surface area (Å²) in [5, 5.41) is 18.2. The molecule has 19 nitrogen and oxygen atoms in total. The topological polar surface area (TPSA) is 250 Å². The van der Waals surface area contributed by atoms with Crippen molar-refractivity contribution in [3.05, 3.63) is 180 Å². The zero-order valence-corrected chi connectivity index (χ0v) is 48.2. The molecule has 8 aromatic rings. The number of likely N-dealkylation sites (N-methyl/N-ethyl adjacent to an activating group) is 1. The molecule has 0 spiro atoms. The molecule has 0 radical (unpaired) electrons. The number of fused-ring (bicyclic) bond motifs is 2. The Labute approximate surface area is 502 Å². The third-order valence-corrected chi connectivity index (χ3v) is 14.3. The summed E-state index contributed by atoms with van der Waals surface area (Å²) in [6, 6.07) is 30.0. The number of benzene rings is 4. The van der Waals surface area contributed by atoms with E-state index in [1.807, 2.05) is 79.9 Å². The molecule has 3 amide bonds. The lowest BCUT2D eigenvalue weighted by atomic mass is 9.91. The van der Waals surface area contributed by atoms with Gasteiger partial charge in [0.2, 0.25) is 34.4 Å². The first-order valence-corrected chi connectivity index (χ1v) is 28.5. The van der Waals surface area contributed by atoms with E-state index in [0.29, 0.717) is 69.0 Å². The molecule has 4 heterocycles. The van der Waals surface area contributed by atoms with Gasteiger partial charge in [-0.3, -0.25) is 19.2 Å². The van der Waals surface area contributed by atoms with Gasteiger partial charge in [-0.25, -0.2) is 29.6 Å². The maximum atomic E-state index is 13.0. The van der Waals surface area contributed by atoms with Crippen LogP contribution in [0.4, 0.5) is 34.6 Å². The number of allylic oxidation sites excluding steroid dienone is 2. The van der Waals surface area contributed by atoms with Gasteiger partial charge in [0.15, 0.2) is 0 Å². The molecular weight excluding hydrogens is 1150 g/mol. The molecule has 21 heteroatoms. The zero-order valence-electron chi connectivity index (χ0n) is 45.8. The van der Waals surface area contributed by atoms with Crippen molar-refractivity contribution in [2.24, 2.45) is 0 Å². The fraction of sp³-hybridized carbons (Fsp3) is 0.270. The number of halogens is 2. The Morgan fingerprint density at radius 3 is 1.58 bits per heavy atom. The standard InChI is InChI=1S/C32H34N8O2.C26H25N7O.C4H4BrClO.CH4/c1-33-28-20-35-32(39-30(28)26-19-34-27-11-5-4-10-25(26)27)38-24-9-6-8-23(18-24)37-31(42)21-13-15-22(16-14-21)36-29(41)12-7-17-40(2)3;1-28-23-15-30-26(33-24(23)21-14-29-22-8-3-2-7-20(21)22)32-19-6-4-5-18(13-19)31-25(34)16-9-11-17(27)12-10-16;5-3-1-2-4(6)7;/h4-5,7,10-16,19-20,23-24,34H,6,8-9,17-18H2,2-3H3,(H,36,41)(H,37,42)(H,35,38,39);2-3,7-12,14-15,18-19,29H,4-6,13,27H2,(H,31,34)(H,30,32,33);1-2H,3H2;1H4/b12-7+;;2-1+;/t23-,24+;18-,19+;;/m00../s1. The van der Waals surface area contributed by atoms with E-state index in [9.17, 15) is 19.2 Å². The highest BCUT2D eigenvalue weighted by molar-refractivity contribution is 9.09. The second kappa shape index (κ2) is 30.7. The van der Waals surface area contributed by atoms with Crippen molar-refractivity contribution >= 4 is 107 Å². The van der Waals surface area contributed by atoms with E-state index in [2.05, 4.69) is 72.1 Å². The number of hydrogen-bond acceptors (Lipinski definition) is 12. The van der Waals surface area contributed by atoms with Gasteiger partial charge in [0.25, 0.3) is 11.8 Å². The SMILES string of the molecule is C.O=C(Cl)/C=C/CBr.[C-]#[N+]c1cnc(N[C@@H]2CCC[C@H](NC(=O)c3ccc(N)cc3)C2)nc1-c1c[nH]c2ccccc12.[C-]#[N+]c1cnc(N[C@@H]2CCC[C@H](NC(=O)c3ccc(NC(=O)/C=C/CN(C)C)cc3)C2)nc1-c1c[nH]c2ccccc12. The maximum Gasteiger partial charge on any atom is 0.251 e. The van der Waals surface area contributed by atoms with Crippen LogP contribution in [0.2, 0.25) is 0 Å². The number of nitrogen functional groups attached to an aromatic ring is 1. The monoisotopic (exact) mass is 1210 g/mol. The van der Waals surface area contributed by atoms with Gasteiger partial charge in [-0.2, -0.15) is 0 Å². The van der Waals surface area contributed by atoms with Gasteiger partial charge < -0.3 is 47.2 Å². The van der Waals surface area contributed by atoms with Crippen LogP contribution >= 0.6 is 27.5 Å². The van der Waals surface area contributed by atoms with Crippen molar-refractivity contribution in [3.63, 3.8) is 0 Å². The normalized spacial score (nSPS) is 16.4. The van der Waals surface area contributed by atoms with Gasteiger partial charge >= 0.3 is 0 Å². The number of para-hydroxylation sites is 2. The number of H-pyrrole nitrogens is 2. The molecule has 432 valence electrons. The highest BCUT2D eigenvalue weighted by atomic mass is 79.9. The van der Waals surface area contributed by atoms with Crippen LogP contribution in [0, 0.1) is 13.1 Å². The van der Waals surface area contributed by atoms with Gasteiger partial charge in [0.1, 0.15) is 0 Å². The van der Waals surface area contributed by atoms with Crippen molar-refractivity contribution in [2.75, 3.05) is 47.7 Å². The predicted octanol–water partition coefficient (Wildman–Crippen LogP) is 12.6. The summed E-state index contributed by atoms with van der Waals surface area (Å²) in [7, 11) is 3.87. The Morgan fingerprint density at radius 1 is 0.679 bits per heavy atom. The number of nitrogens with one attached hydrogen (secondary N) is 7. The molecule has 0 bridgehead atoms. The van der Waals surface area contributed by atoms with Crippen molar-refractivity contribution in [1.82, 2.24) is 45.4 Å². The third kappa shape index (κ3) is 17.4. The van der Waals surface area contributed by atoms with Crippen molar-refractivity contribution < 1.29 is 19.2 Å². The Hall–Kier alpha value is -9.21. The minimum atomic E-state index is -0.431. The zero-order chi connectivity index (χ0) is 58.7. The fourth-order valence-electron chi connectivity index (χ4n) is 9.82. The van der Waals surface area contributed by atoms with Crippen LogP contribution in [-0.4, -0.2) is 108 Å². The Bertz CT molecular complexity index is 3700. The number of aromatic amines is 2. The van der Waals surface area contributed by atoms with Gasteiger partial charge in [0.05, 0.1) is 24.5 Å². The van der Waals surface area contributed by atoms with Gasteiger partial charge in [0, 0.05) is 122 Å². The van der Waals surface area contributed by atoms with Crippen LogP contribution in [0.5, 0.6) is 0 Å². The molecule has 0 aliphatic heterocycles. The Morgan fingerprint density at radius 2 is 1.14 bits per heavy atom. The van der Waals surface area contributed by atoms with E-state index < -0.39 is 5.24 Å². The highest BCUT2D eigenvalue weighted by Crippen LogP contribution is 2.36. The van der Waals surface area contributed by atoms with E-state index in [1.54, 1.807) is 73.1 Å². The number of aromatic nitrogens is 6. The molecule has 0 unspecified atom stereocenters. The summed E-state index contributed by atoms with van der Waals surface area (Å²) in [5.74, 6) is 0.502. The molecule has 0 saturated heterocycles. The molecule has 4 aromatic carbocycles. The Balaban J connectivity index is 0.000000217. The first kappa shape index (κ1) is 62.4. The number of carbonyl (C=O) groups is 4. The van der Waals surface area contributed by atoms with Crippen LogP contribution < -0.4 is 32.3 Å². The molecular formula is C63H67BrClN15O4.